The molecule has 0 radical (unpaired) electrons. The maximum atomic E-state index is 12.4. The highest BCUT2D eigenvalue weighted by Gasteiger charge is 2.25. The SMILES string of the molecule is N[C@@H](CCC(=O)NC(CSSC[C@H](NC(=O)CC[C@H](N)C(=O)O)C(=O)NCC(=O)O)C(=O)NCC(=O)O)C(=O)O. The van der Waals surface area contributed by atoms with Crippen molar-refractivity contribution in [2.75, 3.05) is 24.6 Å². The molecule has 0 saturated carbocycles. The number of carboxylic acids is 4. The van der Waals surface area contributed by atoms with Gasteiger partial charge in [0, 0.05) is 24.3 Å². The molecule has 0 aliphatic rings. The van der Waals surface area contributed by atoms with Crippen LogP contribution in [0.4, 0.5) is 0 Å². The minimum absolute atomic E-state index is 0.155. The number of carboxylic acid groups (broad SMARTS) is 4. The predicted octanol–water partition coefficient (Wildman–Crippen LogP) is -3.88. The van der Waals surface area contributed by atoms with E-state index in [2.05, 4.69) is 21.3 Å². The molecule has 4 amide bonds. The number of hydrogen-bond donors (Lipinski definition) is 10. The molecular weight excluding hydrogens is 580 g/mol. The number of rotatable bonds is 21. The summed E-state index contributed by atoms with van der Waals surface area (Å²) in [6.45, 7) is -1.48. The highest BCUT2D eigenvalue weighted by molar-refractivity contribution is 8.76. The van der Waals surface area contributed by atoms with Crippen molar-refractivity contribution in [1.29, 1.82) is 0 Å². The van der Waals surface area contributed by atoms with Crippen molar-refractivity contribution in [2.45, 2.75) is 49.9 Å². The van der Waals surface area contributed by atoms with E-state index in [4.69, 9.17) is 31.9 Å². The van der Waals surface area contributed by atoms with Gasteiger partial charge in [-0.1, -0.05) is 21.6 Å². The molecule has 12 N–H and O–H groups in total. The van der Waals surface area contributed by atoms with Crippen LogP contribution in [0.3, 0.4) is 0 Å². The molecule has 0 heterocycles. The molecule has 0 aliphatic heterocycles. The van der Waals surface area contributed by atoms with Gasteiger partial charge in [-0.3, -0.25) is 38.4 Å². The third kappa shape index (κ3) is 17.1. The quantitative estimate of drug-likeness (QED) is 0.0437. The number of nitrogens with two attached hydrogens (primary N) is 2. The van der Waals surface area contributed by atoms with Gasteiger partial charge in [0.25, 0.3) is 0 Å². The summed E-state index contributed by atoms with van der Waals surface area (Å²) in [4.78, 5) is 92.3. The van der Waals surface area contributed by atoms with Gasteiger partial charge in [0.05, 0.1) is 0 Å². The summed E-state index contributed by atoms with van der Waals surface area (Å²) in [7, 11) is 1.89. The van der Waals surface area contributed by atoms with Crippen molar-refractivity contribution in [3.63, 3.8) is 0 Å². The Morgan fingerprint density at radius 2 is 0.925 bits per heavy atom. The topological polar surface area (TPSA) is 318 Å². The second-order valence-electron chi connectivity index (χ2n) is 8.00. The highest BCUT2D eigenvalue weighted by atomic mass is 33.1. The van der Waals surface area contributed by atoms with Crippen LogP contribution in [-0.2, 0) is 38.4 Å². The lowest BCUT2D eigenvalue weighted by Crippen LogP contribution is -2.50. The first-order valence-corrected chi connectivity index (χ1v) is 13.9. The Morgan fingerprint density at radius 3 is 1.20 bits per heavy atom. The summed E-state index contributed by atoms with van der Waals surface area (Å²) in [6.07, 6.45) is -1.12. The summed E-state index contributed by atoms with van der Waals surface area (Å²) in [5, 5.41) is 44.1. The zero-order valence-electron chi connectivity index (χ0n) is 21.0. The number of carbonyl (C=O) groups is 8. The molecule has 40 heavy (non-hydrogen) atoms. The van der Waals surface area contributed by atoms with E-state index < -0.39 is 84.8 Å². The Bertz CT molecular complexity index is 879. The van der Waals surface area contributed by atoms with E-state index in [0.29, 0.717) is 0 Å². The maximum absolute atomic E-state index is 12.4. The van der Waals surface area contributed by atoms with Crippen LogP contribution in [0.5, 0.6) is 0 Å². The minimum atomic E-state index is -1.34. The van der Waals surface area contributed by atoms with E-state index in [1.54, 1.807) is 0 Å². The van der Waals surface area contributed by atoms with Crippen LogP contribution in [0.25, 0.3) is 0 Å². The van der Waals surface area contributed by atoms with E-state index in [1.807, 2.05) is 0 Å². The highest BCUT2D eigenvalue weighted by Crippen LogP contribution is 2.23. The zero-order chi connectivity index (χ0) is 30.8. The van der Waals surface area contributed by atoms with E-state index >= 15 is 0 Å². The molecule has 0 rings (SSSR count). The number of aliphatic carboxylic acids is 4. The molecule has 0 spiro atoms. The molecule has 226 valence electrons. The molecule has 20 heteroatoms. The Balaban J connectivity index is 5.18. The van der Waals surface area contributed by atoms with Crippen LogP contribution in [-0.4, -0.2) is 117 Å². The molecule has 0 aromatic carbocycles. The zero-order valence-corrected chi connectivity index (χ0v) is 22.6. The fraction of sp³-hybridized carbons (Fsp3) is 0.600. The largest absolute Gasteiger partial charge is 0.480 e. The molecule has 0 saturated heterocycles. The standard InChI is InChI=1S/C20H32N6O12S2/c21-9(19(35)36)1-3-13(27)25-11(17(33)23-5-15(29)30)7-39-40-8-12(18(34)24-6-16(31)32)26-14(28)4-2-10(22)20(37)38/h9-12H,1-8,21-22H2,(H,23,33)(H,24,34)(H,25,27)(H,26,28)(H,29,30)(H,31,32)(H,35,36)(H,37,38)/t9-,10-,11-,12?/m0/s1. The predicted molar refractivity (Wildman–Crippen MR) is 140 cm³/mol. The van der Waals surface area contributed by atoms with Gasteiger partial charge in [-0.05, 0) is 12.8 Å². The normalized spacial score (nSPS) is 13.6. The first-order chi connectivity index (χ1) is 18.6. The van der Waals surface area contributed by atoms with Gasteiger partial charge in [-0.25, -0.2) is 0 Å². The van der Waals surface area contributed by atoms with E-state index in [0.717, 1.165) is 21.6 Å². The van der Waals surface area contributed by atoms with Gasteiger partial charge in [-0.15, -0.1) is 0 Å². The third-order valence-electron chi connectivity index (χ3n) is 4.68. The Kier molecular flexibility index (Phi) is 17.7. The molecule has 4 atom stereocenters. The molecule has 1 unspecified atom stereocenters. The van der Waals surface area contributed by atoms with E-state index in [-0.39, 0.29) is 37.2 Å². The molecule has 0 aliphatic carbocycles. The molecule has 0 fully saturated rings. The number of hydrogen-bond acceptors (Lipinski definition) is 12. The Morgan fingerprint density at radius 1 is 0.600 bits per heavy atom. The summed E-state index contributed by atoms with van der Waals surface area (Å²) in [5.41, 5.74) is 10.7. The monoisotopic (exact) mass is 612 g/mol. The fourth-order valence-corrected chi connectivity index (χ4v) is 4.85. The second-order valence-corrected chi connectivity index (χ2v) is 10.6. The summed E-state index contributed by atoms with van der Waals surface area (Å²) < 4.78 is 0. The van der Waals surface area contributed by atoms with Gasteiger partial charge in [0.2, 0.25) is 23.6 Å². The van der Waals surface area contributed by atoms with Gasteiger partial charge < -0.3 is 53.2 Å². The smallest absolute Gasteiger partial charge is 0.322 e. The minimum Gasteiger partial charge on any atom is -0.480 e. The number of amides is 4. The lowest BCUT2D eigenvalue weighted by Gasteiger charge is -2.20. The molecule has 0 aromatic heterocycles. The number of carbonyl (C=O) groups excluding carboxylic acids is 4. The average Bonchev–Trinajstić information content (AvgIpc) is 2.87. The summed E-state index contributed by atoms with van der Waals surface area (Å²) in [6, 6.07) is -5.16. The molecule has 0 bridgehead atoms. The van der Waals surface area contributed by atoms with Crippen LogP contribution in [0.1, 0.15) is 25.7 Å². The lowest BCUT2D eigenvalue weighted by molar-refractivity contribution is -0.140. The average molecular weight is 613 g/mol. The van der Waals surface area contributed by atoms with Crippen LogP contribution in [0, 0.1) is 0 Å². The first kappa shape index (κ1) is 36.4. The van der Waals surface area contributed by atoms with Crippen molar-refractivity contribution < 1.29 is 58.8 Å². The van der Waals surface area contributed by atoms with Gasteiger partial charge in [0.15, 0.2) is 0 Å². The van der Waals surface area contributed by atoms with Crippen LogP contribution < -0.4 is 32.7 Å². The third-order valence-corrected chi connectivity index (χ3v) is 7.11. The Hall–Kier alpha value is -3.62. The summed E-state index contributed by atoms with van der Waals surface area (Å²) >= 11 is 0. The van der Waals surface area contributed by atoms with Crippen molar-refractivity contribution >= 4 is 69.1 Å². The van der Waals surface area contributed by atoms with Crippen LogP contribution >= 0.6 is 21.6 Å². The van der Waals surface area contributed by atoms with E-state index in [9.17, 15) is 38.4 Å². The van der Waals surface area contributed by atoms with Gasteiger partial charge in [-0.2, -0.15) is 0 Å². The van der Waals surface area contributed by atoms with Crippen molar-refractivity contribution in [3.05, 3.63) is 0 Å². The fourth-order valence-electron chi connectivity index (χ4n) is 2.52. The molecule has 0 aromatic rings. The number of nitrogens with one attached hydrogen (secondary N) is 4. The molecule has 18 nitrogen and oxygen atoms in total. The van der Waals surface area contributed by atoms with Crippen LogP contribution in [0.15, 0.2) is 0 Å². The van der Waals surface area contributed by atoms with Crippen molar-refractivity contribution in [1.82, 2.24) is 21.3 Å². The first-order valence-electron chi connectivity index (χ1n) is 11.4. The molecular formula is C20H32N6O12S2. The van der Waals surface area contributed by atoms with E-state index in [1.165, 1.54) is 0 Å². The van der Waals surface area contributed by atoms with Crippen molar-refractivity contribution in [2.24, 2.45) is 11.5 Å². The maximum Gasteiger partial charge on any atom is 0.322 e. The van der Waals surface area contributed by atoms with Crippen molar-refractivity contribution in [3.8, 4) is 0 Å². The van der Waals surface area contributed by atoms with Gasteiger partial charge in [0.1, 0.15) is 37.3 Å². The van der Waals surface area contributed by atoms with Gasteiger partial charge >= 0.3 is 23.9 Å². The Labute approximate surface area is 235 Å². The summed E-state index contributed by atoms with van der Waals surface area (Å²) in [5.74, 6) is -8.81. The lowest BCUT2D eigenvalue weighted by atomic mass is 10.1. The van der Waals surface area contributed by atoms with Crippen LogP contribution in [0.2, 0.25) is 0 Å². The second kappa shape index (κ2) is 19.4.